The lowest BCUT2D eigenvalue weighted by Crippen LogP contribution is -2.23. The number of hydrogen-bond acceptors (Lipinski definition) is 5. The fourth-order valence-corrected chi connectivity index (χ4v) is 3.88. The molecule has 0 bridgehead atoms. The van der Waals surface area contributed by atoms with E-state index < -0.39 is 27.3 Å². The molecular formula is C15H11FN2O3S2. The van der Waals surface area contributed by atoms with Crippen molar-refractivity contribution in [2.75, 3.05) is 11.1 Å². The van der Waals surface area contributed by atoms with Crippen LogP contribution < -0.4 is 5.32 Å². The number of halogens is 1. The molecule has 0 saturated heterocycles. The Hall–Kier alpha value is -2.32. The van der Waals surface area contributed by atoms with Crippen molar-refractivity contribution in [3.05, 3.63) is 53.8 Å². The largest absolute Gasteiger partial charge is 0.325 e. The molecule has 0 spiro atoms. The van der Waals surface area contributed by atoms with E-state index >= 15 is 0 Å². The lowest BCUT2D eigenvalue weighted by atomic mass is 10.3. The van der Waals surface area contributed by atoms with Gasteiger partial charge in [-0.05, 0) is 42.5 Å². The third-order valence-electron chi connectivity index (χ3n) is 3.11. The summed E-state index contributed by atoms with van der Waals surface area (Å²) in [7, 11) is -3.82. The summed E-state index contributed by atoms with van der Waals surface area (Å²) in [5, 5.41) is 2.55. The van der Waals surface area contributed by atoms with Crippen LogP contribution in [0.15, 0.2) is 52.9 Å². The van der Waals surface area contributed by atoms with E-state index in [1.807, 2.05) is 0 Å². The number of benzene rings is 2. The van der Waals surface area contributed by atoms with Crippen LogP contribution in [-0.2, 0) is 14.6 Å². The van der Waals surface area contributed by atoms with Crippen molar-refractivity contribution < 1.29 is 17.6 Å². The summed E-state index contributed by atoms with van der Waals surface area (Å²) in [5.41, 5.74) is 3.00. The summed E-state index contributed by atoms with van der Waals surface area (Å²) in [6.07, 6.45) is 0. The molecule has 3 aromatic rings. The van der Waals surface area contributed by atoms with Crippen molar-refractivity contribution in [1.29, 1.82) is 0 Å². The van der Waals surface area contributed by atoms with Gasteiger partial charge < -0.3 is 5.32 Å². The molecule has 0 aliphatic rings. The first-order valence-electron chi connectivity index (χ1n) is 6.55. The Morgan fingerprint density at radius 2 is 1.91 bits per heavy atom. The summed E-state index contributed by atoms with van der Waals surface area (Å²) in [6, 6.07) is 9.50. The standard InChI is InChI=1S/C15H11FN2O3S2/c16-10-1-4-12(5-2-10)23(20,21)8-15(19)18-11-3-6-13-14(7-11)22-9-17-13/h1-7,9H,8H2,(H,18,19). The minimum absolute atomic E-state index is 0.0908. The lowest BCUT2D eigenvalue weighted by Gasteiger charge is -2.06. The zero-order chi connectivity index (χ0) is 16.4. The Bertz CT molecular complexity index is 966. The molecule has 0 aliphatic heterocycles. The summed E-state index contributed by atoms with van der Waals surface area (Å²) in [5.74, 6) is -1.90. The number of fused-ring (bicyclic) bond motifs is 1. The van der Waals surface area contributed by atoms with Gasteiger partial charge in [-0.3, -0.25) is 4.79 Å². The van der Waals surface area contributed by atoms with E-state index in [0.29, 0.717) is 5.69 Å². The maximum Gasteiger partial charge on any atom is 0.239 e. The highest BCUT2D eigenvalue weighted by Crippen LogP contribution is 2.22. The number of thiazole rings is 1. The first-order chi connectivity index (χ1) is 10.9. The number of amides is 1. The Morgan fingerprint density at radius 3 is 2.65 bits per heavy atom. The Kier molecular flexibility index (Phi) is 4.10. The molecule has 0 unspecified atom stereocenters. The highest BCUT2D eigenvalue weighted by Gasteiger charge is 2.19. The molecule has 3 rings (SSSR count). The van der Waals surface area contributed by atoms with Crippen LogP contribution in [0.3, 0.4) is 0 Å². The average molecular weight is 350 g/mol. The van der Waals surface area contributed by atoms with Gasteiger partial charge in [-0.15, -0.1) is 11.3 Å². The zero-order valence-electron chi connectivity index (χ0n) is 11.7. The number of sulfone groups is 1. The Morgan fingerprint density at radius 1 is 1.17 bits per heavy atom. The third-order valence-corrected chi connectivity index (χ3v) is 5.53. The van der Waals surface area contributed by atoms with Gasteiger partial charge in [-0.2, -0.15) is 0 Å². The van der Waals surface area contributed by atoms with Gasteiger partial charge in [0.1, 0.15) is 11.6 Å². The first kappa shape index (κ1) is 15.6. The molecule has 1 heterocycles. The summed E-state index contributed by atoms with van der Waals surface area (Å²) in [6.45, 7) is 0. The van der Waals surface area contributed by atoms with Crippen molar-refractivity contribution in [3.8, 4) is 0 Å². The Balaban J connectivity index is 1.74. The Labute approximate surface area is 135 Å². The van der Waals surface area contributed by atoms with Gasteiger partial charge >= 0.3 is 0 Å². The second kappa shape index (κ2) is 6.05. The van der Waals surface area contributed by atoms with E-state index in [0.717, 1.165) is 34.5 Å². The molecule has 1 N–H and O–H groups in total. The number of anilines is 1. The van der Waals surface area contributed by atoms with E-state index in [-0.39, 0.29) is 4.90 Å². The van der Waals surface area contributed by atoms with Crippen LogP contribution in [0.25, 0.3) is 10.2 Å². The van der Waals surface area contributed by atoms with Crippen molar-refractivity contribution >= 4 is 43.0 Å². The van der Waals surface area contributed by atoms with Gasteiger partial charge in [0.2, 0.25) is 5.91 Å². The fourth-order valence-electron chi connectivity index (χ4n) is 2.03. The minimum atomic E-state index is -3.82. The second-order valence-corrected chi connectivity index (χ2v) is 7.67. The molecular weight excluding hydrogens is 339 g/mol. The van der Waals surface area contributed by atoms with Crippen LogP contribution in [0.1, 0.15) is 0 Å². The maximum absolute atomic E-state index is 12.8. The van der Waals surface area contributed by atoms with Crippen molar-refractivity contribution in [1.82, 2.24) is 4.98 Å². The monoisotopic (exact) mass is 350 g/mol. The van der Waals surface area contributed by atoms with Crippen molar-refractivity contribution in [2.24, 2.45) is 0 Å². The van der Waals surface area contributed by atoms with Crippen LogP contribution in [0.5, 0.6) is 0 Å². The van der Waals surface area contributed by atoms with Crippen LogP contribution in [-0.4, -0.2) is 25.1 Å². The molecule has 2 aromatic carbocycles. The summed E-state index contributed by atoms with van der Waals surface area (Å²) < 4.78 is 38.0. The van der Waals surface area contributed by atoms with E-state index in [1.54, 1.807) is 23.7 Å². The average Bonchev–Trinajstić information content (AvgIpc) is 2.94. The smallest absolute Gasteiger partial charge is 0.239 e. The van der Waals surface area contributed by atoms with E-state index in [9.17, 15) is 17.6 Å². The molecule has 8 heteroatoms. The number of hydrogen-bond donors (Lipinski definition) is 1. The molecule has 0 radical (unpaired) electrons. The third kappa shape index (κ3) is 3.54. The minimum Gasteiger partial charge on any atom is -0.325 e. The second-order valence-electron chi connectivity index (χ2n) is 4.80. The molecule has 0 fully saturated rings. The molecule has 1 amide bonds. The van der Waals surface area contributed by atoms with E-state index in [1.165, 1.54) is 11.3 Å². The normalized spacial score (nSPS) is 11.5. The van der Waals surface area contributed by atoms with E-state index in [4.69, 9.17) is 0 Å². The van der Waals surface area contributed by atoms with Gasteiger partial charge in [-0.1, -0.05) is 0 Å². The molecule has 118 valence electrons. The number of carbonyl (C=O) groups is 1. The topological polar surface area (TPSA) is 76.1 Å². The van der Waals surface area contributed by atoms with Crippen LogP contribution in [0.4, 0.5) is 10.1 Å². The SMILES string of the molecule is O=C(CS(=O)(=O)c1ccc(F)cc1)Nc1ccc2ncsc2c1. The quantitative estimate of drug-likeness (QED) is 0.734. The van der Waals surface area contributed by atoms with Gasteiger partial charge in [-0.25, -0.2) is 17.8 Å². The number of nitrogens with zero attached hydrogens (tertiary/aromatic N) is 1. The zero-order valence-corrected chi connectivity index (χ0v) is 13.3. The molecule has 5 nitrogen and oxygen atoms in total. The summed E-state index contributed by atoms with van der Waals surface area (Å²) >= 11 is 1.42. The molecule has 0 atom stereocenters. The molecule has 0 aliphatic carbocycles. The molecule has 23 heavy (non-hydrogen) atoms. The van der Waals surface area contributed by atoms with Gasteiger partial charge in [0.15, 0.2) is 9.84 Å². The fraction of sp³-hybridized carbons (Fsp3) is 0.0667. The predicted molar refractivity (Wildman–Crippen MR) is 86.7 cm³/mol. The lowest BCUT2D eigenvalue weighted by molar-refractivity contribution is -0.113. The van der Waals surface area contributed by atoms with Crippen molar-refractivity contribution in [2.45, 2.75) is 4.90 Å². The van der Waals surface area contributed by atoms with Crippen LogP contribution in [0, 0.1) is 5.82 Å². The van der Waals surface area contributed by atoms with E-state index in [2.05, 4.69) is 10.3 Å². The number of aromatic nitrogens is 1. The molecule has 0 saturated carbocycles. The van der Waals surface area contributed by atoms with Crippen molar-refractivity contribution in [3.63, 3.8) is 0 Å². The van der Waals surface area contributed by atoms with Gasteiger partial charge in [0.05, 0.1) is 20.6 Å². The highest BCUT2D eigenvalue weighted by atomic mass is 32.2. The summed E-state index contributed by atoms with van der Waals surface area (Å²) in [4.78, 5) is 16.0. The highest BCUT2D eigenvalue weighted by molar-refractivity contribution is 7.92. The number of nitrogens with one attached hydrogen (secondary N) is 1. The molecule has 1 aromatic heterocycles. The predicted octanol–water partition coefficient (Wildman–Crippen LogP) is 2.85. The first-order valence-corrected chi connectivity index (χ1v) is 9.09. The van der Waals surface area contributed by atoms with Gasteiger partial charge in [0, 0.05) is 5.69 Å². The van der Waals surface area contributed by atoms with Crippen LogP contribution >= 0.6 is 11.3 Å². The maximum atomic E-state index is 12.8. The van der Waals surface area contributed by atoms with Crippen LogP contribution in [0.2, 0.25) is 0 Å². The van der Waals surface area contributed by atoms with Gasteiger partial charge in [0.25, 0.3) is 0 Å². The number of rotatable bonds is 4. The number of carbonyl (C=O) groups excluding carboxylic acids is 1.